The standard InChI is InChI=1S/C45H33N3O6/c49-43(31-16-22-40(23-17-31)52-37-10-4-1-5-11-37)47-35-28-33(45(51)46-34-20-26-42(27-21-34)54-39-14-8-3-9-15-39)29-36(30-35)48-44(50)32-18-24-41(25-19-32)53-38-12-6-2-7-13-38/h1-30H,(H,46,51)(H,47,49)(H,48,50). The minimum atomic E-state index is -0.455. The molecule has 9 heteroatoms. The third-order valence-corrected chi connectivity index (χ3v) is 7.99. The molecule has 0 aliphatic heterocycles. The molecular formula is C45H33N3O6. The van der Waals surface area contributed by atoms with E-state index in [1.165, 1.54) is 0 Å². The number of ether oxygens (including phenoxy) is 3. The van der Waals surface area contributed by atoms with Crippen LogP contribution in [0.3, 0.4) is 0 Å². The monoisotopic (exact) mass is 711 g/mol. The van der Waals surface area contributed by atoms with Gasteiger partial charge in [0, 0.05) is 33.8 Å². The maximum atomic E-state index is 13.6. The SMILES string of the molecule is O=C(Nc1cc(NC(=O)c2ccc(Oc3ccccc3)cc2)cc(C(=O)Nc2ccc(Oc3ccccc3)cc2)c1)c1ccc(Oc2ccccc2)cc1. The van der Waals surface area contributed by atoms with Crippen LogP contribution in [-0.4, -0.2) is 17.7 Å². The van der Waals surface area contributed by atoms with Gasteiger partial charge in [-0.1, -0.05) is 54.6 Å². The van der Waals surface area contributed by atoms with Crippen molar-refractivity contribution in [3.05, 3.63) is 199 Å². The molecule has 7 rings (SSSR count). The number of hydrogen-bond acceptors (Lipinski definition) is 6. The fraction of sp³-hybridized carbons (Fsp3) is 0. The minimum absolute atomic E-state index is 0.200. The summed E-state index contributed by atoms with van der Waals surface area (Å²) in [6, 6.07) is 53.0. The highest BCUT2D eigenvalue weighted by molar-refractivity contribution is 6.10. The van der Waals surface area contributed by atoms with Crippen molar-refractivity contribution in [2.24, 2.45) is 0 Å². The van der Waals surface area contributed by atoms with Gasteiger partial charge in [-0.3, -0.25) is 14.4 Å². The lowest BCUT2D eigenvalue weighted by molar-refractivity contribution is 0.101. The van der Waals surface area contributed by atoms with Crippen LogP contribution in [0, 0.1) is 0 Å². The molecule has 264 valence electrons. The second-order valence-corrected chi connectivity index (χ2v) is 12.0. The van der Waals surface area contributed by atoms with Gasteiger partial charge in [-0.15, -0.1) is 0 Å². The summed E-state index contributed by atoms with van der Waals surface area (Å²) in [4.78, 5) is 40.3. The number of carbonyl (C=O) groups excluding carboxylic acids is 3. The lowest BCUT2D eigenvalue weighted by atomic mass is 10.1. The number of carbonyl (C=O) groups is 3. The van der Waals surface area contributed by atoms with Crippen LogP contribution in [0.15, 0.2) is 182 Å². The highest BCUT2D eigenvalue weighted by Gasteiger charge is 2.15. The normalized spacial score (nSPS) is 10.4. The van der Waals surface area contributed by atoms with Gasteiger partial charge in [0.15, 0.2) is 0 Å². The van der Waals surface area contributed by atoms with E-state index in [1.54, 1.807) is 91.0 Å². The zero-order chi connectivity index (χ0) is 37.1. The third kappa shape index (κ3) is 9.36. The molecule has 9 nitrogen and oxygen atoms in total. The van der Waals surface area contributed by atoms with Crippen molar-refractivity contribution in [3.8, 4) is 34.5 Å². The molecule has 0 aliphatic carbocycles. The summed E-state index contributed by atoms with van der Waals surface area (Å²) in [5.74, 6) is 2.49. The average molecular weight is 712 g/mol. The molecule has 0 fully saturated rings. The lowest BCUT2D eigenvalue weighted by Crippen LogP contribution is -2.17. The summed E-state index contributed by atoms with van der Waals surface area (Å²) in [5.41, 5.74) is 2.05. The van der Waals surface area contributed by atoms with Gasteiger partial charge in [0.25, 0.3) is 17.7 Å². The first kappa shape index (κ1) is 34.8. The first-order chi connectivity index (χ1) is 26.4. The Morgan fingerprint density at radius 3 is 0.963 bits per heavy atom. The van der Waals surface area contributed by atoms with Crippen molar-refractivity contribution in [1.29, 1.82) is 0 Å². The molecule has 54 heavy (non-hydrogen) atoms. The smallest absolute Gasteiger partial charge is 0.255 e. The first-order valence-corrected chi connectivity index (χ1v) is 17.0. The Kier molecular flexibility index (Phi) is 10.7. The van der Waals surface area contributed by atoms with Crippen LogP contribution in [0.4, 0.5) is 17.1 Å². The largest absolute Gasteiger partial charge is 0.457 e. The zero-order valence-corrected chi connectivity index (χ0v) is 28.8. The quantitative estimate of drug-likeness (QED) is 0.116. The van der Waals surface area contributed by atoms with Gasteiger partial charge < -0.3 is 30.2 Å². The van der Waals surface area contributed by atoms with Crippen LogP contribution in [0.2, 0.25) is 0 Å². The van der Waals surface area contributed by atoms with E-state index < -0.39 is 17.7 Å². The van der Waals surface area contributed by atoms with E-state index in [4.69, 9.17) is 14.2 Å². The molecule has 0 aliphatic rings. The minimum Gasteiger partial charge on any atom is -0.457 e. The van der Waals surface area contributed by atoms with Crippen molar-refractivity contribution in [2.75, 3.05) is 16.0 Å². The van der Waals surface area contributed by atoms with Gasteiger partial charge in [-0.05, 0) is 127 Å². The Morgan fingerprint density at radius 2 is 0.593 bits per heavy atom. The number of amides is 3. The zero-order valence-electron chi connectivity index (χ0n) is 28.8. The highest BCUT2D eigenvalue weighted by atomic mass is 16.5. The van der Waals surface area contributed by atoms with Gasteiger partial charge in [-0.2, -0.15) is 0 Å². The molecule has 0 atom stereocenters. The van der Waals surface area contributed by atoms with E-state index in [-0.39, 0.29) is 5.56 Å². The molecule has 0 radical (unpaired) electrons. The van der Waals surface area contributed by atoms with Crippen LogP contribution in [-0.2, 0) is 0 Å². The number of nitrogens with one attached hydrogen (secondary N) is 3. The molecule has 0 aromatic heterocycles. The summed E-state index contributed by atoms with van der Waals surface area (Å²) >= 11 is 0. The van der Waals surface area contributed by atoms with Crippen molar-refractivity contribution in [3.63, 3.8) is 0 Å². The van der Waals surface area contributed by atoms with Gasteiger partial charge in [0.2, 0.25) is 0 Å². The number of para-hydroxylation sites is 3. The number of hydrogen-bond donors (Lipinski definition) is 3. The molecule has 7 aromatic carbocycles. The topological polar surface area (TPSA) is 115 Å². The van der Waals surface area contributed by atoms with Crippen molar-refractivity contribution in [2.45, 2.75) is 0 Å². The maximum Gasteiger partial charge on any atom is 0.255 e. The second kappa shape index (κ2) is 16.6. The number of benzene rings is 7. The molecule has 7 aromatic rings. The van der Waals surface area contributed by atoms with Crippen molar-refractivity contribution >= 4 is 34.8 Å². The van der Waals surface area contributed by atoms with Gasteiger partial charge in [0.05, 0.1) is 0 Å². The molecule has 0 heterocycles. The molecule has 0 unspecified atom stereocenters. The Balaban J connectivity index is 1.08. The second-order valence-electron chi connectivity index (χ2n) is 12.0. The number of anilines is 3. The van der Waals surface area contributed by atoms with E-state index >= 15 is 0 Å². The molecule has 0 bridgehead atoms. The highest BCUT2D eigenvalue weighted by Crippen LogP contribution is 2.27. The van der Waals surface area contributed by atoms with Crippen LogP contribution in [0.25, 0.3) is 0 Å². The van der Waals surface area contributed by atoms with Crippen LogP contribution in [0.5, 0.6) is 34.5 Å². The Bertz CT molecular complexity index is 2230. The summed E-state index contributed by atoms with van der Waals surface area (Å²) < 4.78 is 17.6. The van der Waals surface area contributed by atoms with Crippen LogP contribution in [0.1, 0.15) is 31.1 Å². The van der Waals surface area contributed by atoms with E-state index in [9.17, 15) is 14.4 Å². The predicted molar refractivity (Wildman–Crippen MR) is 209 cm³/mol. The Morgan fingerprint density at radius 1 is 0.296 bits per heavy atom. The number of rotatable bonds is 12. The van der Waals surface area contributed by atoms with Crippen LogP contribution >= 0.6 is 0 Å². The van der Waals surface area contributed by atoms with Gasteiger partial charge in [-0.25, -0.2) is 0 Å². The van der Waals surface area contributed by atoms with E-state index in [0.717, 1.165) is 0 Å². The molecule has 0 spiro atoms. The molecule has 3 N–H and O–H groups in total. The average Bonchev–Trinajstić information content (AvgIpc) is 3.20. The predicted octanol–water partition coefficient (Wildman–Crippen LogP) is 10.8. The van der Waals surface area contributed by atoms with Gasteiger partial charge in [0.1, 0.15) is 34.5 Å². The third-order valence-electron chi connectivity index (χ3n) is 7.99. The van der Waals surface area contributed by atoms with Crippen molar-refractivity contribution in [1.82, 2.24) is 0 Å². The van der Waals surface area contributed by atoms with E-state index in [1.807, 2.05) is 91.0 Å². The molecular weight excluding hydrogens is 679 g/mol. The molecule has 0 saturated heterocycles. The van der Waals surface area contributed by atoms with Crippen LogP contribution < -0.4 is 30.2 Å². The summed E-state index contributed by atoms with van der Waals surface area (Å²) in [6.45, 7) is 0. The Labute approximate surface area is 311 Å². The summed E-state index contributed by atoms with van der Waals surface area (Å²) in [5, 5.41) is 8.59. The molecule has 3 amide bonds. The fourth-order valence-corrected chi connectivity index (χ4v) is 5.34. The molecule has 0 saturated carbocycles. The fourth-order valence-electron chi connectivity index (χ4n) is 5.34. The van der Waals surface area contributed by atoms with Crippen molar-refractivity contribution < 1.29 is 28.6 Å². The van der Waals surface area contributed by atoms with Gasteiger partial charge >= 0.3 is 0 Å². The first-order valence-electron chi connectivity index (χ1n) is 17.0. The Hall–Kier alpha value is -7.65. The van der Waals surface area contributed by atoms with E-state index in [2.05, 4.69) is 16.0 Å². The summed E-state index contributed by atoms with van der Waals surface area (Å²) in [7, 11) is 0. The maximum absolute atomic E-state index is 13.6. The lowest BCUT2D eigenvalue weighted by Gasteiger charge is -2.13. The summed E-state index contributed by atoms with van der Waals surface area (Å²) in [6.07, 6.45) is 0. The van der Waals surface area contributed by atoms with E-state index in [0.29, 0.717) is 62.7 Å².